The fourth-order valence-corrected chi connectivity index (χ4v) is 8.34. The predicted molar refractivity (Wildman–Crippen MR) is 314 cm³/mol. The van der Waals surface area contributed by atoms with Crippen LogP contribution in [0.3, 0.4) is 0 Å². The van der Waals surface area contributed by atoms with Crippen LogP contribution in [0, 0.1) is 0 Å². The maximum Gasteiger partial charge on any atom is 0.331 e. The summed E-state index contributed by atoms with van der Waals surface area (Å²) in [6.45, 7) is 0.0242. The molecule has 0 aliphatic carbocycles. The second-order valence-corrected chi connectivity index (χ2v) is 19.9. The summed E-state index contributed by atoms with van der Waals surface area (Å²) in [5.41, 5.74) is 9.15. The van der Waals surface area contributed by atoms with Gasteiger partial charge >= 0.3 is 6.03 Å². The normalized spacial score (nSPS) is 13.2. The molecular weight excluding hydrogens is 1180 g/mol. The molecule has 1 atom stereocenters. The number of carbonyl (C=O) groups is 3. The standard InChI is InChI=1S/C21H15Cl3N2O2.C15H12Cl2O.C8H6BrClO.C7H4ClNO.C6H6ClN/c22-15-4-8-18(9-5-15)25-13-21(28,14-2-1-3-17(24)12-14)26(20(25)27)19-10-6-16(23)7-11-19;16-13-7-4-11(5-8-13)6-9-15(18)12-2-1-3-14(17)10-12;9-5-8(11)6-2-1-3-7(10)4-6;8-6-1-3-7(4-2-6)9-5-10;7-5-1-3-6(8)4-2-5/h1-12,28H,13H2;1-5,7-8,10H,6,9H2;1-4H,5H2;1-4H;1-4H,8H2. The van der Waals surface area contributed by atoms with E-state index in [4.69, 9.17) is 98.5 Å². The molecule has 0 saturated carbocycles. The Bertz CT molecular complexity index is 3180. The number of hydrogen-bond donors (Lipinski definition) is 2. The Hall–Kier alpha value is -5.69. The maximum atomic E-state index is 13.3. The monoisotopic (exact) mass is 1220 g/mol. The quantitative estimate of drug-likeness (QED) is 0.0461. The van der Waals surface area contributed by atoms with Gasteiger partial charge in [-0.3, -0.25) is 19.4 Å². The van der Waals surface area contributed by atoms with E-state index in [0.29, 0.717) is 87.1 Å². The van der Waals surface area contributed by atoms with Gasteiger partial charge in [0.25, 0.3) is 0 Å². The van der Waals surface area contributed by atoms with Gasteiger partial charge in [-0.05, 0) is 158 Å². The van der Waals surface area contributed by atoms with Crippen LogP contribution in [0.15, 0.2) is 199 Å². The number of aliphatic imine (C=N–C) groups is 1. The van der Waals surface area contributed by atoms with Gasteiger partial charge in [-0.2, -0.15) is 4.99 Å². The van der Waals surface area contributed by atoms with E-state index in [1.165, 1.54) is 15.9 Å². The molecule has 9 rings (SSSR count). The molecule has 0 bridgehead atoms. The molecule has 8 aromatic carbocycles. The Labute approximate surface area is 483 Å². The first-order chi connectivity index (χ1) is 35.9. The highest BCUT2D eigenvalue weighted by Crippen LogP contribution is 2.41. The SMILES string of the molecule is Nc1ccc(Cl)cc1.O=C(CBr)c1cccc(Cl)c1.O=C(CCc1ccc(Cl)cc1)c1cccc(Cl)c1.O=C1N(c2ccc(Cl)cc2)CC(O)(c2cccc(Cl)c2)N1c1ccc(Cl)cc1.O=C=Nc1ccc(Cl)cc1. The largest absolute Gasteiger partial charge is 0.399 e. The van der Waals surface area contributed by atoms with E-state index in [-0.39, 0.29) is 24.1 Å². The van der Waals surface area contributed by atoms with Gasteiger partial charge in [0.15, 0.2) is 17.3 Å². The summed E-state index contributed by atoms with van der Waals surface area (Å²) < 4.78 is 0. The van der Waals surface area contributed by atoms with E-state index in [9.17, 15) is 24.3 Å². The number of alkyl halides is 1. The van der Waals surface area contributed by atoms with Crippen molar-refractivity contribution in [1.29, 1.82) is 0 Å². The number of ketones is 2. The predicted octanol–water partition coefficient (Wildman–Crippen LogP) is 17.9. The number of halogens is 9. The fraction of sp³-hybridized carbons (Fsp3) is 0.0877. The lowest BCUT2D eigenvalue weighted by Crippen LogP contribution is -2.44. The molecule has 1 heterocycles. The number of isocyanates is 1. The second-order valence-electron chi connectivity index (χ2n) is 15.8. The molecular formula is C57H43BrCl8N4O5. The van der Waals surface area contributed by atoms with E-state index in [1.54, 1.807) is 170 Å². The van der Waals surface area contributed by atoms with Gasteiger partial charge in [0.1, 0.15) is 0 Å². The van der Waals surface area contributed by atoms with Crippen molar-refractivity contribution in [3.8, 4) is 0 Å². The molecule has 9 nitrogen and oxygen atoms in total. The van der Waals surface area contributed by atoms with Gasteiger partial charge in [0.2, 0.25) is 6.08 Å². The number of nitrogens with zero attached hydrogens (tertiary/aromatic N) is 3. The van der Waals surface area contributed by atoms with Crippen molar-refractivity contribution in [2.45, 2.75) is 18.6 Å². The Kier molecular flexibility index (Phi) is 24.2. The first kappa shape index (κ1) is 60.2. The van der Waals surface area contributed by atoms with Crippen LogP contribution < -0.4 is 15.5 Å². The molecule has 8 aromatic rings. The van der Waals surface area contributed by atoms with Crippen LogP contribution in [0.5, 0.6) is 0 Å². The molecule has 18 heteroatoms. The Morgan fingerprint density at radius 1 is 0.560 bits per heavy atom. The van der Waals surface area contributed by atoms with E-state index in [0.717, 1.165) is 16.3 Å². The van der Waals surface area contributed by atoms with Gasteiger partial charge in [-0.15, -0.1) is 0 Å². The number of Topliss-reactive ketones (excluding diaryl/α,β-unsaturated/α-hetero) is 2. The van der Waals surface area contributed by atoms with Crippen LogP contribution in [-0.4, -0.2) is 40.7 Å². The van der Waals surface area contributed by atoms with E-state index in [1.807, 2.05) is 24.3 Å². The fourth-order valence-electron chi connectivity index (χ4n) is 6.82. The van der Waals surface area contributed by atoms with Crippen LogP contribution in [0.25, 0.3) is 0 Å². The van der Waals surface area contributed by atoms with Crippen molar-refractivity contribution >= 4 is 155 Å². The van der Waals surface area contributed by atoms with E-state index >= 15 is 0 Å². The number of anilines is 3. The average Bonchev–Trinajstić information content (AvgIpc) is 3.69. The third-order valence-electron chi connectivity index (χ3n) is 10.5. The van der Waals surface area contributed by atoms with Crippen molar-refractivity contribution in [3.63, 3.8) is 0 Å². The topological polar surface area (TPSA) is 133 Å². The first-order valence-electron chi connectivity index (χ1n) is 22.2. The minimum absolute atomic E-state index is 0.0242. The first-order valence-corrected chi connectivity index (χ1v) is 26.4. The number of nitrogen functional groups attached to an aromatic ring is 1. The molecule has 1 aliphatic rings. The summed E-state index contributed by atoms with van der Waals surface area (Å²) in [6.07, 6.45) is 2.62. The minimum Gasteiger partial charge on any atom is -0.399 e. The number of β-amino-alcohol motifs (C(OH)–C–C–N with tert-alkyl or cyclic N) is 1. The van der Waals surface area contributed by atoms with Crippen LogP contribution in [0.4, 0.5) is 27.5 Å². The summed E-state index contributed by atoms with van der Waals surface area (Å²) in [5, 5.41) is 16.8. The highest BCUT2D eigenvalue weighted by atomic mass is 79.9. The summed E-state index contributed by atoms with van der Waals surface area (Å²) in [7, 11) is 0. The number of hydrogen-bond acceptors (Lipinski definition) is 7. The van der Waals surface area contributed by atoms with Crippen molar-refractivity contribution in [2.75, 3.05) is 27.4 Å². The molecule has 1 saturated heterocycles. The van der Waals surface area contributed by atoms with Gasteiger partial charge < -0.3 is 10.8 Å². The van der Waals surface area contributed by atoms with Crippen molar-refractivity contribution in [3.05, 3.63) is 257 Å². The minimum atomic E-state index is -1.62. The van der Waals surface area contributed by atoms with Gasteiger partial charge in [-0.25, -0.2) is 9.59 Å². The second kappa shape index (κ2) is 30.2. The molecule has 75 heavy (non-hydrogen) atoms. The molecule has 1 fully saturated rings. The number of benzene rings is 8. The van der Waals surface area contributed by atoms with Crippen molar-refractivity contribution < 1.29 is 24.3 Å². The van der Waals surface area contributed by atoms with Crippen LogP contribution in [0.1, 0.15) is 38.3 Å². The number of aryl methyl sites for hydroxylation is 1. The van der Waals surface area contributed by atoms with Crippen LogP contribution >= 0.6 is 109 Å². The number of nitrogens with two attached hydrogens (primary N) is 1. The zero-order valence-electron chi connectivity index (χ0n) is 39.2. The number of aliphatic hydroxyl groups is 1. The summed E-state index contributed by atoms with van der Waals surface area (Å²) in [5.74, 6) is 0.153. The highest BCUT2D eigenvalue weighted by Gasteiger charge is 2.51. The van der Waals surface area contributed by atoms with Crippen LogP contribution in [-0.2, 0) is 16.9 Å². The number of amides is 2. The maximum absolute atomic E-state index is 13.3. The zero-order chi connectivity index (χ0) is 54.5. The smallest absolute Gasteiger partial charge is 0.331 e. The Morgan fingerprint density at radius 3 is 1.44 bits per heavy atom. The van der Waals surface area contributed by atoms with Crippen LogP contribution in [0.2, 0.25) is 40.2 Å². The van der Waals surface area contributed by atoms with Gasteiger partial charge in [0.05, 0.1) is 17.6 Å². The number of rotatable bonds is 10. The molecule has 2 amide bonds. The number of carbonyl (C=O) groups excluding carboxylic acids is 4. The van der Waals surface area contributed by atoms with E-state index < -0.39 is 5.72 Å². The molecule has 1 unspecified atom stereocenters. The lowest BCUT2D eigenvalue weighted by atomic mass is 10.0. The molecule has 0 radical (unpaired) electrons. The molecule has 0 spiro atoms. The van der Waals surface area contributed by atoms with E-state index in [2.05, 4.69) is 20.9 Å². The molecule has 0 aromatic heterocycles. The summed E-state index contributed by atoms with van der Waals surface area (Å²) >= 11 is 49.7. The highest BCUT2D eigenvalue weighted by molar-refractivity contribution is 9.09. The van der Waals surface area contributed by atoms with Gasteiger partial charge in [-0.1, -0.05) is 157 Å². The summed E-state index contributed by atoms with van der Waals surface area (Å²) in [6, 6.07) is 55.3. The Morgan fingerprint density at radius 2 is 0.987 bits per heavy atom. The lowest BCUT2D eigenvalue weighted by Gasteiger charge is -2.32. The zero-order valence-corrected chi connectivity index (χ0v) is 46.8. The molecule has 3 N–H and O–H groups in total. The van der Waals surface area contributed by atoms with Crippen molar-refractivity contribution in [1.82, 2.24) is 0 Å². The average molecular weight is 1230 g/mol. The molecule has 1 aliphatic heterocycles. The lowest BCUT2D eigenvalue weighted by molar-refractivity contribution is 0.0655. The molecule has 384 valence electrons. The van der Waals surface area contributed by atoms with Crippen molar-refractivity contribution in [2.24, 2.45) is 4.99 Å². The third-order valence-corrected chi connectivity index (χ3v) is 13.0. The Balaban J connectivity index is 0.000000189. The summed E-state index contributed by atoms with van der Waals surface area (Å²) in [4.78, 5) is 52.3. The number of urea groups is 1. The van der Waals surface area contributed by atoms with Gasteiger partial charge in [0, 0.05) is 80.4 Å². The third kappa shape index (κ3) is 19.1.